The first-order valence-corrected chi connectivity index (χ1v) is 6.85. The Morgan fingerprint density at radius 2 is 2.12 bits per heavy atom. The van der Waals surface area contributed by atoms with Gasteiger partial charge in [0, 0.05) is 10.7 Å². The van der Waals surface area contributed by atoms with Crippen molar-refractivity contribution in [2.75, 3.05) is 18.6 Å². The number of halogens is 1. The van der Waals surface area contributed by atoms with Crippen LogP contribution in [0.5, 0.6) is 0 Å². The van der Waals surface area contributed by atoms with Crippen LogP contribution >= 0.6 is 11.6 Å². The van der Waals surface area contributed by atoms with Crippen LogP contribution in [0.3, 0.4) is 0 Å². The molecule has 94 valence electrons. The maximum atomic E-state index is 11.6. The monoisotopic (exact) mass is 277 g/mol. The first-order valence-electron chi connectivity index (χ1n) is 4.65. The predicted molar refractivity (Wildman–Crippen MR) is 65.4 cm³/mol. The second-order valence-corrected chi connectivity index (χ2v) is 5.93. The summed E-state index contributed by atoms with van der Waals surface area (Å²) in [6.07, 6.45) is 0. The van der Waals surface area contributed by atoms with E-state index in [9.17, 15) is 13.2 Å². The van der Waals surface area contributed by atoms with E-state index in [1.807, 2.05) is 0 Å². The third-order valence-corrected chi connectivity index (χ3v) is 3.80. The molecule has 0 saturated carbocycles. The molecule has 0 unspecified atom stereocenters. The molecule has 17 heavy (non-hydrogen) atoms. The fourth-order valence-electron chi connectivity index (χ4n) is 1.21. The molecule has 0 aliphatic carbocycles. The van der Waals surface area contributed by atoms with Gasteiger partial charge in [-0.3, -0.25) is 4.79 Å². The number of esters is 1. The van der Waals surface area contributed by atoms with Gasteiger partial charge in [0.15, 0.2) is 9.84 Å². The molecular weight excluding hydrogens is 266 g/mol. The number of nitrogen functional groups attached to an aromatic ring is 1. The molecule has 0 aliphatic heterocycles. The minimum atomic E-state index is -3.58. The highest BCUT2D eigenvalue weighted by Crippen LogP contribution is 2.21. The van der Waals surface area contributed by atoms with Gasteiger partial charge < -0.3 is 10.5 Å². The van der Waals surface area contributed by atoms with Crippen molar-refractivity contribution in [1.82, 2.24) is 0 Å². The number of carbonyl (C=O) groups excluding carboxylic acids is 1. The molecular formula is C10H12ClNO4S. The van der Waals surface area contributed by atoms with E-state index in [1.54, 1.807) is 6.07 Å². The Labute approximate surface area is 104 Å². The Kier molecular flexibility index (Phi) is 4.36. The summed E-state index contributed by atoms with van der Waals surface area (Å²) in [5, 5.41) is 0.262. The number of methoxy groups -OCH3 is 1. The fourth-order valence-corrected chi connectivity index (χ4v) is 2.85. The van der Waals surface area contributed by atoms with Crippen LogP contribution in [0.4, 0.5) is 5.69 Å². The van der Waals surface area contributed by atoms with Gasteiger partial charge in [-0.1, -0.05) is 17.7 Å². The van der Waals surface area contributed by atoms with E-state index >= 15 is 0 Å². The summed E-state index contributed by atoms with van der Waals surface area (Å²) in [6, 6.07) is 4.53. The highest BCUT2D eigenvalue weighted by molar-refractivity contribution is 7.91. The van der Waals surface area contributed by atoms with Crippen LogP contribution in [-0.4, -0.2) is 27.2 Å². The second kappa shape index (κ2) is 5.37. The van der Waals surface area contributed by atoms with E-state index in [2.05, 4.69) is 4.74 Å². The first-order chi connectivity index (χ1) is 7.84. The number of anilines is 1. The maximum Gasteiger partial charge on any atom is 0.320 e. The number of benzene rings is 1. The van der Waals surface area contributed by atoms with Crippen LogP contribution in [0.25, 0.3) is 0 Å². The summed E-state index contributed by atoms with van der Waals surface area (Å²) in [6.45, 7) is 0. The largest absolute Gasteiger partial charge is 0.468 e. The average molecular weight is 278 g/mol. The molecule has 2 N–H and O–H groups in total. The van der Waals surface area contributed by atoms with E-state index in [4.69, 9.17) is 17.3 Å². The van der Waals surface area contributed by atoms with Gasteiger partial charge in [0.25, 0.3) is 0 Å². The summed E-state index contributed by atoms with van der Waals surface area (Å²) in [5.41, 5.74) is 6.34. The Morgan fingerprint density at radius 3 is 2.65 bits per heavy atom. The molecule has 0 aliphatic rings. The highest BCUT2D eigenvalue weighted by atomic mass is 35.5. The standard InChI is InChI=1S/C10H12ClNO4S/c1-16-10(13)6-17(14,15)5-7-2-3-8(12)4-9(7)11/h2-4H,5-6,12H2,1H3. The summed E-state index contributed by atoms with van der Waals surface area (Å²) < 4.78 is 27.5. The summed E-state index contributed by atoms with van der Waals surface area (Å²) in [4.78, 5) is 10.9. The number of hydrogen-bond acceptors (Lipinski definition) is 5. The quantitative estimate of drug-likeness (QED) is 0.656. The number of nitrogens with two attached hydrogens (primary N) is 1. The van der Waals surface area contributed by atoms with Crippen molar-refractivity contribution < 1.29 is 17.9 Å². The van der Waals surface area contributed by atoms with E-state index in [1.165, 1.54) is 12.1 Å². The Balaban J connectivity index is 2.87. The van der Waals surface area contributed by atoms with Gasteiger partial charge in [-0.05, 0) is 17.7 Å². The molecule has 0 amide bonds. The molecule has 0 fully saturated rings. The Hall–Kier alpha value is -1.27. The summed E-state index contributed by atoms with van der Waals surface area (Å²) in [5.74, 6) is -1.78. The lowest BCUT2D eigenvalue weighted by Gasteiger charge is -2.06. The molecule has 0 bridgehead atoms. The zero-order chi connectivity index (χ0) is 13.1. The van der Waals surface area contributed by atoms with Crippen LogP contribution < -0.4 is 5.73 Å². The minimum absolute atomic E-state index is 0.262. The van der Waals surface area contributed by atoms with Crippen molar-refractivity contribution in [2.45, 2.75) is 5.75 Å². The van der Waals surface area contributed by atoms with Crippen LogP contribution in [0.2, 0.25) is 5.02 Å². The maximum absolute atomic E-state index is 11.6. The van der Waals surface area contributed by atoms with E-state index in [0.717, 1.165) is 7.11 Å². The third kappa shape index (κ3) is 4.24. The van der Waals surface area contributed by atoms with E-state index in [-0.39, 0.29) is 10.8 Å². The van der Waals surface area contributed by atoms with Crippen molar-refractivity contribution in [3.63, 3.8) is 0 Å². The Bertz CT molecular complexity index is 527. The molecule has 1 aromatic carbocycles. The molecule has 1 aromatic rings. The fraction of sp³-hybridized carbons (Fsp3) is 0.300. The van der Waals surface area contributed by atoms with Crippen LogP contribution in [0.15, 0.2) is 18.2 Å². The van der Waals surface area contributed by atoms with Crippen molar-refractivity contribution in [3.8, 4) is 0 Å². The van der Waals surface area contributed by atoms with Crippen LogP contribution in [0.1, 0.15) is 5.56 Å². The SMILES string of the molecule is COC(=O)CS(=O)(=O)Cc1ccc(N)cc1Cl. The van der Waals surface area contributed by atoms with Gasteiger partial charge in [0.2, 0.25) is 0 Å². The summed E-state index contributed by atoms with van der Waals surface area (Å²) >= 11 is 5.85. The van der Waals surface area contributed by atoms with E-state index < -0.39 is 21.6 Å². The lowest BCUT2D eigenvalue weighted by molar-refractivity contribution is -0.137. The molecule has 0 radical (unpaired) electrons. The van der Waals surface area contributed by atoms with Crippen LogP contribution in [0, 0.1) is 0 Å². The molecule has 1 rings (SSSR count). The molecule has 0 spiro atoms. The topological polar surface area (TPSA) is 86.5 Å². The number of ether oxygens (including phenoxy) is 1. The molecule has 7 heteroatoms. The second-order valence-electron chi connectivity index (χ2n) is 3.46. The third-order valence-electron chi connectivity index (χ3n) is 2.02. The van der Waals surface area contributed by atoms with Crippen molar-refractivity contribution in [3.05, 3.63) is 28.8 Å². The Morgan fingerprint density at radius 1 is 1.47 bits per heavy atom. The van der Waals surface area contributed by atoms with E-state index in [0.29, 0.717) is 11.3 Å². The smallest absolute Gasteiger partial charge is 0.320 e. The number of carbonyl (C=O) groups is 1. The number of hydrogen-bond donors (Lipinski definition) is 1. The average Bonchev–Trinajstić information content (AvgIpc) is 2.21. The van der Waals surface area contributed by atoms with Crippen LogP contribution in [-0.2, 0) is 25.1 Å². The van der Waals surface area contributed by atoms with Gasteiger partial charge in [-0.2, -0.15) is 0 Å². The normalized spacial score (nSPS) is 11.2. The zero-order valence-corrected chi connectivity index (χ0v) is 10.7. The molecule has 0 atom stereocenters. The van der Waals surface area contributed by atoms with Crippen molar-refractivity contribution in [1.29, 1.82) is 0 Å². The molecule has 0 heterocycles. The molecule has 0 aromatic heterocycles. The first kappa shape index (κ1) is 13.8. The minimum Gasteiger partial charge on any atom is -0.468 e. The number of rotatable bonds is 4. The van der Waals surface area contributed by atoms with Gasteiger partial charge in [-0.15, -0.1) is 0 Å². The lowest BCUT2D eigenvalue weighted by Crippen LogP contribution is -2.18. The summed E-state index contributed by atoms with van der Waals surface area (Å²) in [7, 11) is -2.45. The van der Waals surface area contributed by atoms with Crippen molar-refractivity contribution >= 4 is 33.1 Å². The van der Waals surface area contributed by atoms with Gasteiger partial charge in [-0.25, -0.2) is 8.42 Å². The van der Waals surface area contributed by atoms with Gasteiger partial charge in [0.05, 0.1) is 12.9 Å². The zero-order valence-electron chi connectivity index (χ0n) is 9.14. The predicted octanol–water partition coefficient (Wildman–Crippen LogP) is 1.01. The van der Waals surface area contributed by atoms with Gasteiger partial charge in [0.1, 0.15) is 5.75 Å². The highest BCUT2D eigenvalue weighted by Gasteiger charge is 2.19. The van der Waals surface area contributed by atoms with Crippen molar-refractivity contribution in [2.24, 2.45) is 0 Å². The molecule has 5 nitrogen and oxygen atoms in total. The molecule has 0 saturated heterocycles. The van der Waals surface area contributed by atoms with Gasteiger partial charge >= 0.3 is 5.97 Å². The number of sulfone groups is 1. The lowest BCUT2D eigenvalue weighted by atomic mass is 10.2.